The van der Waals surface area contributed by atoms with Crippen LogP contribution >= 0.6 is 11.6 Å². The van der Waals surface area contributed by atoms with Gasteiger partial charge in [-0.05, 0) is 36.8 Å². The zero-order chi connectivity index (χ0) is 14.7. The van der Waals surface area contributed by atoms with E-state index in [4.69, 9.17) is 16.3 Å². The molecule has 0 spiro atoms. The molecule has 0 unspecified atom stereocenters. The molecule has 0 saturated heterocycles. The van der Waals surface area contributed by atoms with Crippen molar-refractivity contribution in [1.82, 2.24) is 4.98 Å². The van der Waals surface area contributed by atoms with Crippen LogP contribution in [0.3, 0.4) is 0 Å². The highest BCUT2D eigenvalue weighted by molar-refractivity contribution is 6.32. The predicted molar refractivity (Wildman–Crippen MR) is 79.7 cm³/mol. The summed E-state index contributed by atoms with van der Waals surface area (Å²) in [7, 11) is 3.21. The number of carbonyl (C=O) groups excluding carboxylic acids is 1. The molecule has 5 heteroatoms. The van der Waals surface area contributed by atoms with Crippen LogP contribution in [0.5, 0.6) is 5.88 Å². The molecule has 1 aromatic heterocycles. The lowest BCUT2D eigenvalue weighted by atomic mass is 10.1. The van der Waals surface area contributed by atoms with Crippen molar-refractivity contribution >= 4 is 23.2 Å². The first-order valence-electron chi connectivity index (χ1n) is 6.08. The number of hydrogen-bond donors (Lipinski definition) is 0. The van der Waals surface area contributed by atoms with Gasteiger partial charge in [-0.25, -0.2) is 4.98 Å². The molecule has 0 bridgehead atoms. The maximum Gasteiger partial charge on any atom is 0.258 e. The lowest BCUT2D eigenvalue weighted by Gasteiger charge is -2.20. The highest BCUT2D eigenvalue weighted by Gasteiger charge is 2.19. The minimum atomic E-state index is -0.156. The summed E-state index contributed by atoms with van der Waals surface area (Å²) in [6, 6.07) is 8.81. The minimum absolute atomic E-state index is 0.156. The zero-order valence-electron chi connectivity index (χ0n) is 11.6. The fourth-order valence-electron chi connectivity index (χ4n) is 1.92. The van der Waals surface area contributed by atoms with Crippen molar-refractivity contribution in [2.45, 2.75) is 6.92 Å². The van der Waals surface area contributed by atoms with Crippen LogP contribution in [0.25, 0.3) is 0 Å². The molecule has 4 nitrogen and oxygen atoms in total. The van der Waals surface area contributed by atoms with Gasteiger partial charge in [0, 0.05) is 23.8 Å². The Morgan fingerprint density at radius 3 is 2.75 bits per heavy atom. The van der Waals surface area contributed by atoms with Gasteiger partial charge in [-0.3, -0.25) is 4.79 Å². The van der Waals surface area contributed by atoms with Crippen LogP contribution in [0.2, 0.25) is 5.02 Å². The summed E-state index contributed by atoms with van der Waals surface area (Å²) in [5.74, 6) is 0.249. The van der Waals surface area contributed by atoms with Crippen molar-refractivity contribution in [1.29, 1.82) is 0 Å². The Hall–Kier alpha value is -2.07. The van der Waals surface area contributed by atoms with Crippen molar-refractivity contribution in [2.24, 2.45) is 0 Å². The van der Waals surface area contributed by atoms with E-state index in [9.17, 15) is 4.79 Å². The summed E-state index contributed by atoms with van der Waals surface area (Å²) < 4.78 is 5.18. The number of rotatable bonds is 3. The van der Waals surface area contributed by atoms with Crippen molar-refractivity contribution in [3.8, 4) is 5.88 Å². The number of hydrogen-bond acceptors (Lipinski definition) is 3. The van der Waals surface area contributed by atoms with Crippen molar-refractivity contribution in [3.05, 3.63) is 52.7 Å². The molecular formula is C15H15ClN2O2. The number of methoxy groups -OCH3 is 1. The summed E-state index contributed by atoms with van der Waals surface area (Å²) in [6.07, 6.45) is 1.62. The van der Waals surface area contributed by atoms with Gasteiger partial charge in [0.2, 0.25) is 5.88 Å². The van der Waals surface area contributed by atoms with E-state index in [2.05, 4.69) is 4.98 Å². The van der Waals surface area contributed by atoms with Crippen LogP contribution in [-0.2, 0) is 0 Å². The number of nitrogens with zero attached hydrogens (tertiary/aromatic N) is 2. The second-order valence-electron chi connectivity index (χ2n) is 4.31. The van der Waals surface area contributed by atoms with E-state index in [1.54, 1.807) is 43.6 Å². The topological polar surface area (TPSA) is 42.4 Å². The monoisotopic (exact) mass is 290 g/mol. The quantitative estimate of drug-likeness (QED) is 0.871. The fraction of sp³-hybridized carbons (Fsp3) is 0.200. The Kier molecular flexibility index (Phi) is 4.25. The third kappa shape index (κ3) is 2.60. The molecule has 20 heavy (non-hydrogen) atoms. The van der Waals surface area contributed by atoms with Gasteiger partial charge in [-0.1, -0.05) is 17.7 Å². The van der Waals surface area contributed by atoms with Crippen LogP contribution < -0.4 is 9.64 Å². The lowest BCUT2D eigenvalue weighted by molar-refractivity contribution is 0.0991. The van der Waals surface area contributed by atoms with Gasteiger partial charge in [0.15, 0.2) is 0 Å². The summed E-state index contributed by atoms with van der Waals surface area (Å²) in [6.45, 7) is 1.82. The number of aromatic nitrogens is 1. The highest BCUT2D eigenvalue weighted by atomic mass is 35.5. The maximum atomic E-state index is 12.6. The van der Waals surface area contributed by atoms with Crippen LogP contribution in [-0.4, -0.2) is 25.0 Å². The maximum absolute atomic E-state index is 12.6. The van der Waals surface area contributed by atoms with Gasteiger partial charge in [0.05, 0.1) is 7.11 Å². The summed E-state index contributed by atoms with van der Waals surface area (Å²) in [5, 5.41) is 0.572. The van der Waals surface area contributed by atoms with Crippen LogP contribution in [0.1, 0.15) is 15.9 Å². The summed E-state index contributed by atoms with van der Waals surface area (Å²) in [5.41, 5.74) is 1.93. The molecule has 104 valence electrons. The van der Waals surface area contributed by atoms with Crippen molar-refractivity contribution in [3.63, 3.8) is 0 Å². The molecule has 0 N–H and O–H groups in total. The Balaban J connectivity index is 2.40. The second kappa shape index (κ2) is 5.92. The molecular weight excluding hydrogens is 276 g/mol. The van der Waals surface area contributed by atoms with Gasteiger partial charge in [-0.15, -0.1) is 0 Å². The number of halogens is 1. The second-order valence-corrected chi connectivity index (χ2v) is 4.72. The van der Waals surface area contributed by atoms with E-state index in [1.165, 1.54) is 12.0 Å². The van der Waals surface area contributed by atoms with Crippen LogP contribution in [0.15, 0.2) is 36.5 Å². The number of ether oxygens (including phenoxy) is 1. The normalized spacial score (nSPS) is 10.2. The zero-order valence-corrected chi connectivity index (χ0v) is 12.3. The summed E-state index contributed by atoms with van der Waals surface area (Å²) >= 11 is 6.06. The molecule has 0 radical (unpaired) electrons. The molecule has 1 aromatic carbocycles. The average Bonchev–Trinajstić information content (AvgIpc) is 2.48. The Bertz CT molecular complexity index is 644. The number of pyridine rings is 1. The molecule has 1 amide bonds. The van der Waals surface area contributed by atoms with Gasteiger partial charge >= 0.3 is 0 Å². The molecule has 0 fully saturated rings. The minimum Gasteiger partial charge on any atom is -0.480 e. The molecule has 0 atom stereocenters. The Morgan fingerprint density at radius 2 is 2.05 bits per heavy atom. The first kappa shape index (κ1) is 14.3. The van der Waals surface area contributed by atoms with E-state index < -0.39 is 0 Å². The van der Waals surface area contributed by atoms with E-state index in [-0.39, 0.29) is 5.91 Å². The average molecular weight is 291 g/mol. The van der Waals surface area contributed by atoms with Crippen molar-refractivity contribution in [2.75, 3.05) is 19.1 Å². The van der Waals surface area contributed by atoms with Gasteiger partial charge in [0.25, 0.3) is 5.91 Å². The Labute approximate surface area is 123 Å². The van der Waals surface area contributed by atoms with Gasteiger partial charge in [-0.2, -0.15) is 0 Å². The smallest absolute Gasteiger partial charge is 0.258 e. The summed E-state index contributed by atoms with van der Waals surface area (Å²) in [4.78, 5) is 18.2. The molecule has 2 rings (SSSR count). The molecule has 2 aromatic rings. The number of benzene rings is 1. The molecule has 0 aliphatic rings. The van der Waals surface area contributed by atoms with Gasteiger partial charge < -0.3 is 9.64 Å². The van der Waals surface area contributed by atoms with Crippen molar-refractivity contribution < 1.29 is 9.53 Å². The van der Waals surface area contributed by atoms with E-state index in [1.807, 2.05) is 6.92 Å². The SMILES string of the molecule is COc1ncccc1N(C)C(=O)c1cccc(Cl)c1C. The lowest BCUT2D eigenvalue weighted by Crippen LogP contribution is -2.27. The predicted octanol–water partition coefficient (Wildman–Crippen LogP) is 3.33. The number of carbonyl (C=O) groups is 1. The number of anilines is 1. The third-order valence-electron chi connectivity index (χ3n) is 3.11. The first-order chi connectivity index (χ1) is 9.56. The standard InChI is InChI=1S/C15H15ClN2O2/c1-10-11(6-4-7-12(10)16)15(19)18(2)13-8-5-9-17-14(13)20-3/h4-9H,1-3H3. The first-order valence-corrected chi connectivity index (χ1v) is 6.46. The highest BCUT2D eigenvalue weighted by Crippen LogP contribution is 2.27. The molecule has 0 aliphatic heterocycles. The molecule has 0 aliphatic carbocycles. The molecule has 0 saturated carbocycles. The van der Waals surface area contributed by atoms with Crippen LogP contribution in [0, 0.1) is 6.92 Å². The third-order valence-corrected chi connectivity index (χ3v) is 3.52. The Morgan fingerprint density at radius 1 is 1.30 bits per heavy atom. The number of amides is 1. The van der Waals surface area contributed by atoms with E-state index >= 15 is 0 Å². The largest absolute Gasteiger partial charge is 0.480 e. The van der Waals surface area contributed by atoms with E-state index in [0.717, 1.165) is 5.56 Å². The van der Waals surface area contributed by atoms with E-state index in [0.29, 0.717) is 22.2 Å². The van der Waals surface area contributed by atoms with Crippen LogP contribution in [0.4, 0.5) is 5.69 Å². The fourth-order valence-corrected chi connectivity index (χ4v) is 2.10. The van der Waals surface area contributed by atoms with Gasteiger partial charge in [0.1, 0.15) is 5.69 Å². The molecule has 1 heterocycles.